The third kappa shape index (κ3) is 3.88. The van der Waals surface area contributed by atoms with Gasteiger partial charge in [0.25, 0.3) is 10.0 Å². The third-order valence-electron chi connectivity index (χ3n) is 1.97. The average Bonchev–Trinajstić information content (AvgIpc) is 2.24. The van der Waals surface area contributed by atoms with Gasteiger partial charge in [0, 0.05) is 12.2 Å². The van der Waals surface area contributed by atoms with Crippen LogP contribution in [0, 0.1) is 5.82 Å². The molecule has 0 atom stereocenters. The van der Waals surface area contributed by atoms with Crippen molar-refractivity contribution >= 4 is 21.7 Å². The molecule has 0 aliphatic heterocycles. The molecule has 8 heteroatoms. The van der Waals surface area contributed by atoms with E-state index in [4.69, 9.17) is 5.73 Å². The number of nitrogens with two attached hydrogens (primary N) is 1. The largest absolute Gasteiger partial charge is 0.399 e. The van der Waals surface area contributed by atoms with Crippen LogP contribution in [0.25, 0.3) is 0 Å². The fraction of sp³-hybridized carbons (Fsp3) is 0.300. The fourth-order valence-electron chi connectivity index (χ4n) is 1.20. The number of nitrogen functional groups attached to an aromatic ring is 1. The van der Waals surface area contributed by atoms with E-state index in [1.807, 2.05) is 6.92 Å². The minimum atomic E-state index is -4.12. The number of hydrogen-bond acceptors (Lipinski definition) is 4. The molecule has 4 N–H and O–H groups in total. The Morgan fingerprint density at radius 3 is 2.61 bits per heavy atom. The van der Waals surface area contributed by atoms with E-state index in [2.05, 4.69) is 5.32 Å². The highest BCUT2D eigenvalue weighted by molar-refractivity contribution is 7.90. The first-order valence-electron chi connectivity index (χ1n) is 5.22. The maximum absolute atomic E-state index is 13.0. The van der Waals surface area contributed by atoms with Crippen molar-refractivity contribution in [1.82, 2.24) is 10.0 Å². The number of halogens is 1. The van der Waals surface area contributed by atoms with Crippen LogP contribution in [0.5, 0.6) is 0 Å². The lowest BCUT2D eigenvalue weighted by atomic mass is 10.3. The average molecular weight is 275 g/mol. The monoisotopic (exact) mass is 275 g/mol. The fourth-order valence-corrected chi connectivity index (χ4v) is 2.19. The molecule has 0 aromatic heterocycles. The number of carbonyl (C=O) groups excluding carboxylic acids is 1. The molecule has 0 saturated heterocycles. The molecule has 0 unspecified atom stereocenters. The molecule has 1 aromatic carbocycles. The zero-order valence-corrected chi connectivity index (χ0v) is 10.6. The summed E-state index contributed by atoms with van der Waals surface area (Å²) in [4.78, 5) is 10.8. The zero-order chi connectivity index (χ0) is 13.8. The van der Waals surface area contributed by atoms with Crippen molar-refractivity contribution in [3.8, 4) is 0 Å². The molecule has 0 aliphatic carbocycles. The molecule has 0 bridgehead atoms. The van der Waals surface area contributed by atoms with Crippen molar-refractivity contribution < 1.29 is 17.6 Å². The van der Waals surface area contributed by atoms with E-state index in [1.165, 1.54) is 0 Å². The van der Waals surface area contributed by atoms with Gasteiger partial charge in [0.2, 0.25) is 0 Å². The number of nitrogens with one attached hydrogen (secondary N) is 2. The van der Waals surface area contributed by atoms with E-state index in [-0.39, 0.29) is 5.69 Å². The van der Waals surface area contributed by atoms with Gasteiger partial charge in [-0.25, -0.2) is 22.3 Å². The molecular weight excluding hydrogens is 261 g/mol. The topological polar surface area (TPSA) is 101 Å². The normalized spacial score (nSPS) is 11.0. The number of hydrogen-bond donors (Lipinski definition) is 3. The summed E-state index contributed by atoms with van der Waals surface area (Å²) >= 11 is 0. The Kier molecular flexibility index (Phi) is 4.49. The molecule has 0 fully saturated rings. The molecule has 6 nitrogen and oxygen atoms in total. The Hall–Kier alpha value is -1.83. The molecule has 0 saturated carbocycles. The van der Waals surface area contributed by atoms with E-state index >= 15 is 0 Å². The predicted octanol–water partition coefficient (Wildman–Crippen LogP) is 0.806. The molecule has 1 rings (SSSR count). The summed E-state index contributed by atoms with van der Waals surface area (Å²) in [6.45, 7) is 2.16. The molecule has 0 heterocycles. The lowest BCUT2D eigenvalue weighted by Crippen LogP contribution is -2.39. The van der Waals surface area contributed by atoms with Crippen LogP contribution >= 0.6 is 0 Å². The smallest absolute Gasteiger partial charge is 0.328 e. The number of carbonyl (C=O) groups is 1. The lowest BCUT2D eigenvalue weighted by molar-refractivity contribution is 0.246. The van der Waals surface area contributed by atoms with Crippen molar-refractivity contribution in [1.29, 1.82) is 0 Å². The second-order valence-electron chi connectivity index (χ2n) is 3.58. The van der Waals surface area contributed by atoms with E-state index in [9.17, 15) is 17.6 Å². The van der Waals surface area contributed by atoms with Gasteiger partial charge < -0.3 is 11.1 Å². The summed E-state index contributed by atoms with van der Waals surface area (Å²) in [5.74, 6) is -0.788. The van der Waals surface area contributed by atoms with Crippen LogP contribution in [-0.2, 0) is 10.0 Å². The Balaban J connectivity index is 2.89. The first-order valence-corrected chi connectivity index (χ1v) is 6.70. The van der Waals surface area contributed by atoms with Crippen LogP contribution in [0.2, 0.25) is 0 Å². The highest BCUT2D eigenvalue weighted by Gasteiger charge is 2.18. The van der Waals surface area contributed by atoms with Gasteiger partial charge >= 0.3 is 6.03 Å². The number of sulfonamides is 1. The Labute approximate surface area is 104 Å². The van der Waals surface area contributed by atoms with E-state index in [0.29, 0.717) is 13.0 Å². The minimum absolute atomic E-state index is 0.0376. The van der Waals surface area contributed by atoms with Gasteiger partial charge in [-0.2, -0.15) is 0 Å². The van der Waals surface area contributed by atoms with Crippen LogP contribution < -0.4 is 15.8 Å². The predicted molar refractivity (Wildman–Crippen MR) is 64.8 cm³/mol. The molecule has 1 aromatic rings. The van der Waals surface area contributed by atoms with Crippen LogP contribution in [-0.4, -0.2) is 21.0 Å². The molecule has 100 valence electrons. The van der Waals surface area contributed by atoms with Crippen molar-refractivity contribution in [3.63, 3.8) is 0 Å². The zero-order valence-electron chi connectivity index (χ0n) is 9.73. The maximum Gasteiger partial charge on any atom is 0.328 e. The second kappa shape index (κ2) is 5.67. The first-order chi connectivity index (χ1) is 8.35. The van der Waals surface area contributed by atoms with Gasteiger partial charge in [-0.1, -0.05) is 6.92 Å². The van der Waals surface area contributed by atoms with Crippen molar-refractivity contribution in [2.24, 2.45) is 0 Å². The molecule has 0 aliphatic rings. The highest BCUT2D eigenvalue weighted by atomic mass is 32.2. The van der Waals surface area contributed by atoms with Gasteiger partial charge in [-0.05, 0) is 24.6 Å². The first kappa shape index (κ1) is 14.2. The van der Waals surface area contributed by atoms with Crippen LogP contribution in [0.3, 0.4) is 0 Å². The molecule has 2 amide bonds. The summed E-state index contributed by atoms with van der Waals surface area (Å²) in [6.07, 6.45) is 0.667. The summed E-state index contributed by atoms with van der Waals surface area (Å²) in [5, 5.41) is 2.33. The highest BCUT2D eigenvalue weighted by Crippen LogP contribution is 2.15. The van der Waals surface area contributed by atoms with E-state index in [0.717, 1.165) is 18.2 Å². The van der Waals surface area contributed by atoms with Crippen LogP contribution in [0.1, 0.15) is 13.3 Å². The SMILES string of the molecule is CCCNC(=O)NS(=O)(=O)c1cc(N)cc(F)c1. The van der Waals surface area contributed by atoms with Gasteiger partial charge in [0.1, 0.15) is 5.82 Å². The Morgan fingerprint density at radius 1 is 1.39 bits per heavy atom. The number of amides is 2. The number of anilines is 1. The molecule has 0 spiro atoms. The number of benzene rings is 1. The summed E-state index contributed by atoms with van der Waals surface area (Å²) in [7, 11) is -4.12. The van der Waals surface area contributed by atoms with Crippen molar-refractivity contribution in [2.75, 3.05) is 12.3 Å². The quantitative estimate of drug-likeness (QED) is 0.707. The molecule has 18 heavy (non-hydrogen) atoms. The summed E-state index contributed by atoms with van der Waals surface area (Å²) in [5.41, 5.74) is 5.30. The molecule has 0 radical (unpaired) electrons. The third-order valence-corrected chi connectivity index (χ3v) is 3.28. The van der Waals surface area contributed by atoms with Crippen molar-refractivity contribution in [2.45, 2.75) is 18.2 Å². The Bertz CT molecular complexity index is 525. The second-order valence-corrected chi connectivity index (χ2v) is 5.26. The van der Waals surface area contributed by atoms with Gasteiger partial charge in [0.05, 0.1) is 4.90 Å². The minimum Gasteiger partial charge on any atom is -0.399 e. The van der Waals surface area contributed by atoms with Gasteiger partial charge in [0.15, 0.2) is 0 Å². The number of rotatable bonds is 4. The number of urea groups is 1. The van der Waals surface area contributed by atoms with Crippen LogP contribution in [0.4, 0.5) is 14.9 Å². The molecular formula is C10H14FN3O3S. The summed E-state index contributed by atoms with van der Waals surface area (Å²) in [6, 6.07) is 1.97. The summed E-state index contributed by atoms with van der Waals surface area (Å²) < 4.78 is 38.2. The van der Waals surface area contributed by atoms with Gasteiger partial charge in [-0.15, -0.1) is 0 Å². The van der Waals surface area contributed by atoms with Crippen LogP contribution in [0.15, 0.2) is 23.1 Å². The maximum atomic E-state index is 13.0. The van der Waals surface area contributed by atoms with E-state index < -0.39 is 26.8 Å². The van der Waals surface area contributed by atoms with Gasteiger partial charge in [-0.3, -0.25) is 0 Å². The standard InChI is InChI=1S/C10H14FN3O3S/c1-2-3-13-10(15)14-18(16,17)9-5-7(11)4-8(12)6-9/h4-6H,2-3,12H2,1H3,(H2,13,14,15). The Morgan fingerprint density at radius 2 is 2.06 bits per heavy atom. The lowest BCUT2D eigenvalue weighted by Gasteiger charge is -2.08. The van der Waals surface area contributed by atoms with Crippen molar-refractivity contribution in [3.05, 3.63) is 24.0 Å². The van der Waals surface area contributed by atoms with E-state index in [1.54, 1.807) is 4.72 Å².